The fourth-order valence-electron chi connectivity index (χ4n) is 1.42. The molecule has 0 saturated heterocycles. The van der Waals surface area contributed by atoms with Crippen molar-refractivity contribution in [3.05, 3.63) is 34.1 Å². The summed E-state index contributed by atoms with van der Waals surface area (Å²) in [6.07, 6.45) is 0. The van der Waals surface area contributed by atoms with Gasteiger partial charge < -0.3 is 0 Å². The van der Waals surface area contributed by atoms with Gasteiger partial charge in [-0.2, -0.15) is 5.10 Å². The van der Waals surface area contributed by atoms with Gasteiger partial charge in [-0.1, -0.05) is 0 Å². The normalized spacial score (nSPS) is 10.9. The number of pyridine rings is 1. The molecule has 0 amide bonds. The Labute approximate surface area is 79.3 Å². The molecule has 2 nitrogen and oxygen atoms in total. The van der Waals surface area contributed by atoms with Crippen LogP contribution >= 0.6 is 15.9 Å². The van der Waals surface area contributed by atoms with Crippen LogP contribution in [0.1, 0.15) is 11.3 Å². The van der Waals surface area contributed by atoms with Crippen LogP contribution in [0.5, 0.6) is 0 Å². The number of nitrogens with zero attached hydrogens (tertiary/aromatic N) is 2. The summed E-state index contributed by atoms with van der Waals surface area (Å²) in [5.74, 6) is 0. The minimum Gasteiger partial charge on any atom is -0.237 e. The highest BCUT2D eigenvalue weighted by Crippen LogP contribution is 2.15. The molecule has 2 heterocycles. The number of hydrogen-bond acceptors (Lipinski definition) is 1. The summed E-state index contributed by atoms with van der Waals surface area (Å²) in [7, 11) is 0. The Morgan fingerprint density at radius 3 is 2.75 bits per heavy atom. The third kappa shape index (κ3) is 1.14. The Morgan fingerprint density at radius 2 is 2.00 bits per heavy atom. The van der Waals surface area contributed by atoms with E-state index >= 15 is 0 Å². The maximum Gasteiger partial charge on any atom is 0.129 e. The van der Waals surface area contributed by atoms with Crippen LogP contribution in [0.2, 0.25) is 0 Å². The lowest BCUT2D eigenvalue weighted by molar-refractivity contribution is 0.900. The van der Waals surface area contributed by atoms with E-state index in [0.717, 1.165) is 15.8 Å². The quantitative estimate of drug-likeness (QED) is 0.673. The first-order chi connectivity index (χ1) is 5.66. The maximum absolute atomic E-state index is 4.29. The van der Waals surface area contributed by atoms with E-state index in [0.29, 0.717) is 0 Å². The molecule has 0 aromatic carbocycles. The number of aryl methyl sites for hydroxylation is 2. The summed E-state index contributed by atoms with van der Waals surface area (Å²) < 4.78 is 2.81. The number of hydrogen-bond donors (Lipinski definition) is 0. The van der Waals surface area contributed by atoms with Crippen LogP contribution in [0, 0.1) is 13.8 Å². The molecule has 2 aromatic rings. The monoisotopic (exact) mass is 224 g/mol. The standard InChI is InChI=1S/C9H9BrN2/c1-6-3-7(2)12-8(4-6)5-9(10)11-12/h3-5H,1-2H3. The molecule has 0 bridgehead atoms. The number of rotatable bonds is 0. The van der Waals surface area contributed by atoms with Gasteiger partial charge in [-0.25, -0.2) is 4.52 Å². The van der Waals surface area contributed by atoms with Gasteiger partial charge in [-0.3, -0.25) is 0 Å². The van der Waals surface area contributed by atoms with Gasteiger partial charge in [0.2, 0.25) is 0 Å². The molecule has 0 unspecified atom stereocenters. The first-order valence-corrected chi connectivity index (χ1v) is 4.58. The molecule has 0 aliphatic heterocycles. The van der Waals surface area contributed by atoms with Crippen molar-refractivity contribution in [1.29, 1.82) is 0 Å². The molecule has 2 rings (SSSR count). The summed E-state index contributed by atoms with van der Waals surface area (Å²) >= 11 is 3.35. The molecule has 0 spiro atoms. The Balaban J connectivity index is 2.88. The van der Waals surface area contributed by atoms with Gasteiger partial charge in [0, 0.05) is 5.69 Å². The maximum atomic E-state index is 4.29. The lowest BCUT2D eigenvalue weighted by Gasteiger charge is -1.99. The fourth-order valence-corrected chi connectivity index (χ4v) is 1.81. The molecule has 3 heteroatoms. The van der Waals surface area contributed by atoms with Crippen molar-refractivity contribution in [3.63, 3.8) is 0 Å². The van der Waals surface area contributed by atoms with E-state index in [4.69, 9.17) is 0 Å². The van der Waals surface area contributed by atoms with Crippen LogP contribution < -0.4 is 0 Å². The summed E-state index contributed by atoms with van der Waals surface area (Å²) in [5, 5.41) is 4.29. The summed E-state index contributed by atoms with van der Waals surface area (Å²) in [4.78, 5) is 0. The van der Waals surface area contributed by atoms with E-state index < -0.39 is 0 Å². The predicted molar refractivity (Wildman–Crippen MR) is 52.4 cm³/mol. The van der Waals surface area contributed by atoms with Gasteiger partial charge in [0.15, 0.2) is 0 Å². The first-order valence-electron chi connectivity index (χ1n) is 3.79. The predicted octanol–water partition coefficient (Wildman–Crippen LogP) is 2.71. The third-order valence-electron chi connectivity index (χ3n) is 1.85. The van der Waals surface area contributed by atoms with Crippen molar-refractivity contribution in [1.82, 2.24) is 9.61 Å². The van der Waals surface area contributed by atoms with E-state index in [1.165, 1.54) is 5.56 Å². The van der Waals surface area contributed by atoms with Crippen LogP contribution in [0.15, 0.2) is 22.8 Å². The van der Waals surface area contributed by atoms with E-state index in [2.05, 4.69) is 47.0 Å². The summed E-state index contributed by atoms with van der Waals surface area (Å²) in [6.45, 7) is 4.15. The molecule has 62 valence electrons. The van der Waals surface area contributed by atoms with Gasteiger partial charge in [0.25, 0.3) is 0 Å². The largest absolute Gasteiger partial charge is 0.237 e. The Bertz CT molecular complexity index is 431. The molecule has 0 aliphatic rings. The fraction of sp³-hybridized carbons (Fsp3) is 0.222. The summed E-state index contributed by atoms with van der Waals surface area (Å²) in [5.41, 5.74) is 3.57. The molecule has 0 saturated carbocycles. The molecule has 2 aromatic heterocycles. The second-order valence-corrected chi connectivity index (χ2v) is 3.79. The first kappa shape index (κ1) is 7.80. The van der Waals surface area contributed by atoms with E-state index in [1.807, 2.05) is 10.6 Å². The van der Waals surface area contributed by atoms with Crippen LogP contribution in [0.3, 0.4) is 0 Å². The van der Waals surface area contributed by atoms with E-state index in [1.54, 1.807) is 0 Å². The van der Waals surface area contributed by atoms with Crippen molar-refractivity contribution in [2.75, 3.05) is 0 Å². The third-order valence-corrected chi connectivity index (χ3v) is 2.24. The van der Waals surface area contributed by atoms with Gasteiger partial charge in [-0.05, 0) is 53.5 Å². The van der Waals surface area contributed by atoms with Crippen LogP contribution in [0.4, 0.5) is 0 Å². The minimum atomic E-state index is 0.885. The molecule has 0 N–H and O–H groups in total. The lowest BCUT2D eigenvalue weighted by Crippen LogP contribution is -1.93. The molecule has 0 aliphatic carbocycles. The van der Waals surface area contributed by atoms with Crippen LogP contribution in [-0.4, -0.2) is 9.61 Å². The Kier molecular flexibility index (Phi) is 1.68. The van der Waals surface area contributed by atoms with E-state index in [9.17, 15) is 0 Å². The van der Waals surface area contributed by atoms with E-state index in [-0.39, 0.29) is 0 Å². The zero-order valence-electron chi connectivity index (χ0n) is 7.00. The zero-order valence-corrected chi connectivity index (χ0v) is 8.59. The van der Waals surface area contributed by atoms with Gasteiger partial charge in [0.1, 0.15) is 4.60 Å². The van der Waals surface area contributed by atoms with Crippen molar-refractivity contribution >= 4 is 21.4 Å². The Morgan fingerprint density at radius 1 is 1.25 bits per heavy atom. The highest BCUT2D eigenvalue weighted by atomic mass is 79.9. The highest BCUT2D eigenvalue weighted by molar-refractivity contribution is 9.10. The zero-order chi connectivity index (χ0) is 8.72. The second kappa shape index (κ2) is 2.59. The lowest BCUT2D eigenvalue weighted by atomic mass is 10.2. The second-order valence-electron chi connectivity index (χ2n) is 2.98. The van der Waals surface area contributed by atoms with Gasteiger partial charge >= 0.3 is 0 Å². The van der Waals surface area contributed by atoms with Crippen molar-refractivity contribution < 1.29 is 0 Å². The highest BCUT2D eigenvalue weighted by Gasteiger charge is 2.00. The number of halogens is 1. The average molecular weight is 225 g/mol. The van der Waals surface area contributed by atoms with Crippen LogP contribution in [-0.2, 0) is 0 Å². The van der Waals surface area contributed by atoms with Crippen LogP contribution in [0.25, 0.3) is 5.52 Å². The molecular weight excluding hydrogens is 216 g/mol. The molecular formula is C9H9BrN2. The molecule has 12 heavy (non-hydrogen) atoms. The van der Waals surface area contributed by atoms with Gasteiger partial charge in [-0.15, -0.1) is 0 Å². The molecule has 0 atom stereocenters. The topological polar surface area (TPSA) is 17.3 Å². The van der Waals surface area contributed by atoms with Crippen molar-refractivity contribution in [3.8, 4) is 0 Å². The molecule has 0 radical (unpaired) electrons. The number of aromatic nitrogens is 2. The minimum absolute atomic E-state index is 0.885. The average Bonchev–Trinajstić information content (AvgIpc) is 2.29. The summed E-state index contributed by atoms with van der Waals surface area (Å²) in [6, 6.07) is 6.25. The SMILES string of the molecule is Cc1cc(C)n2nc(Br)cc2c1. The Hall–Kier alpha value is -0.830. The number of fused-ring (bicyclic) bond motifs is 1. The van der Waals surface area contributed by atoms with Crippen molar-refractivity contribution in [2.24, 2.45) is 0 Å². The molecule has 0 fully saturated rings. The van der Waals surface area contributed by atoms with Crippen molar-refractivity contribution in [2.45, 2.75) is 13.8 Å². The smallest absolute Gasteiger partial charge is 0.129 e. The van der Waals surface area contributed by atoms with Gasteiger partial charge in [0.05, 0.1) is 5.52 Å².